The standard InChI is InChI=1S/C54H83NO14/c1-11-66-24-25-67-43-22-20-38(29-46(43)64-9)28-41-40-18-15-23-55-47(40)53(61)68-45(41)31-42(56)34(4)27-36(6)49(58)50(65-10)48(57)35(5)26-32(2)16-13-12-14-17-33(3)44(63-8)30-39-21-19-37(7)54(62,69-39)51(59)52(55)60/h12-14,16-17,27,32,34-35,37-41,43-47,49-50,58,62H,11,15,18-26,28-31H2,1-10H3/b14-12+,16-13+,33-17+,36-27+/t32-,34-,35-,37-,38+,39?,40?,41+,43-,44+,45+,46-,47+,49-,50+,54-/m1/s1. The van der Waals surface area contributed by atoms with Gasteiger partial charge in [-0.1, -0.05) is 64.2 Å². The van der Waals surface area contributed by atoms with E-state index in [1.54, 1.807) is 41.1 Å². The van der Waals surface area contributed by atoms with Crippen molar-refractivity contribution in [2.75, 3.05) is 47.7 Å². The highest BCUT2D eigenvalue weighted by atomic mass is 16.6. The summed E-state index contributed by atoms with van der Waals surface area (Å²) in [7, 11) is 4.65. The number of piperidine rings is 1. The number of aliphatic hydroxyl groups is 2. The summed E-state index contributed by atoms with van der Waals surface area (Å²) in [5, 5.41) is 23.6. The van der Waals surface area contributed by atoms with E-state index in [1.165, 1.54) is 12.0 Å². The van der Waals surface area contributed by atoms with E-state index >= 15 is 0 Å². The van der Waals surface area contributed by atoms with Gasteiger partial charge in [0.25, 0.3) is 11.7 Å². The normalized spacial score (nSPS) is 40.9. The number of rotatable bonds is 10. The minimum absolute atomic E-state index is 0.0233. The van der Waals surface area contributed by atoms with E-state index in [0.29, 0.717) is 76.8 Å². The number of Topliss-reactive ketones (excluding diaryl/α,β-unsaturated/α-hetero) is 3. The highest BCUT2D eigenvalue weighted by Crippen LogP contribution is 2.45. The smallest absolute Gasteiger partial charge is 0.329 e. The molecular formula is C54H83NO14. The fourth-order valence-corrected chi connectivity index (χ4v) is 11.5. The average molecular weight is 970 g/mol. The number of hydrogen-bond acceptors (Lipinski definition) is 14. The molecule has 4 heterocycles. The number of allylic oxidation sites excluding steroid dienone is 6. The third kappa shape index (κ3) is 14.2. The molecule has 3 saturated heterocycles. The second kappa shape index (κ2) is 26.3. The van der Waals surface area contributed by atoms with Gasteiger partial charge in [0.2, 0.25) is 5.79 Å². The van der Waals surface area contributed by atoms with Crippen molar-refractivity contribution in [3.8, 4) is 0 Å². The highest BCUT2D eigenvalue weighted by Gasteiger charge is 2.57. The van der Waals surface area contributed by atoms with Crippen LogP contribution in [0.4, 0.5) is 0 Å². The van der Waals surface area contributed by atoms with Crippen LogP contribution in [-0.2, 0) is 57.1 Å². The van der Waals surface area contributed by atoms with Gasteiger partial charge < -0.3 is 48.3 Å². The van der Waals surface area contributed by atoms with Crippen LogP contribution >= 0.6 is 0 Å². The molecule has 5 rings (SSSR count). The maximum absolute atomic E-state index is 14.6. The van der Waals surface area contributed by atoms with E-state index in [-0.39, 0.29) is 54.5 Å². The molecule has 16 atom stereocenters. The Morgan fingerprint density at radius 3 is 2.29 bits per heavy atom. The number of fused-ring (bicyclic) bond motifs is 4. The lowest BCUT2D eigenvalue weighted by Gasteiger charge is -2.50. The van der Waals surface area contributed by atoms with Gasteiger partial charge in [-0.25, -0.2) is 4.79 Å². The van der Waals surface area contributed by atoms with E-state index in [1.807, 2.05) is 58.1 Å². The molecule has 4 fully saturated rings. The SMILES string of the molecule is CCOCCO[C@@H]1CC[C@@H](C[C@H]2C3CCCN4C(=O)C(=O)[C@]5(O)OC(CC[C@H]5C)C[C@H](OC)/C(C)=C/C=C/C=C/[C@@H](C)C[C@@H](C)C(=O)[C@H](OC)[C@H](O)/C(C)=C/[C@@H](C)C(=O)C[C@@H]2OC(=O)[C@H]34)C[C@H]1OC. The predicted octanol–water partition coefficient (Wildman–Crippen LogP) is 6.46. The van der Waals surface area contributed by atoms with Crippen LogP contribution in [0.3, 0.4) is 0 Å². The Morgan fingerprint density at radius 2 is 1.59 bits per heavy atom. The highest BCUT2D eigenvalue weighted by molar-refractivity contribution is 6.39. The van der Waals surface area contributed by atoms with Crippen LogP contribution in [-0.4, -0.2) is 147 Å². The first-order valence-electron chi connectivity index (χ1n) is 25.6. The molecular weight excluding hydrogens is 887 g/mol. The molecule has 1 aliphatic carbocycles. The Morgan fingerprint density at radius 1 is 0.841 bits per heavy atom. The molecule has 5 aliphatic rings. The molecule has 2 unspecified atom stereocenters. The Kier molecular flexibility index (Phi) is 21.6. The number of methoxy groups -OCH3 is 3. The molecule has 2 N–H and O–H groups in total. The number of carbonyl (C=O) groups excluding carboxylic acids is 5. The van der Waals surface area contributed by atoms with Crippen molar-refractivity contribution in [1.82, 2.24) is 4.90 Å². The average Bonchev–Trinajstić information content (AvgIpc) is 3.33. The maximum Gasteiger partial charge on any atom is 0.329 e. The zero-order valence-corrected chi connectivity index (χ0v) is 43.0. The molecule has 15 nitrogen and oxygen atoms in total. The first kappa shape index (κ1) is 56.5. The van der Waals surface area contributed by atoms with Crippen molar-refractivity contribution in [2.24, 2.45) is 41.4 Å². The quantitative estimate of drug-likeness (QED) is 0.105. The molecule has 15 heteroatoms. The molecule has 4 aliphatic heterocycles. The van der Waals surface area contributed by atoms with Gasteiger partial charge in [-0.05, 0) is 107 Å². The van der Waals surface area contributed by atoms with Crippen LogP contribution in [0.15, 0.2) is 47.6 Å². The Bertz CT molecular complexity index is 1880. The fraction of sp³-hybridized carbons (Fsp3) is 0.759. The molecule has 388 valence electrons. The molecule has 0 aromatic carbocycles. The molecule has 0 aromatic heterocycles. The van der Waals surface area contributed by atoms with Crippen LogP contribution in [0.1, 0.15) is 119 Å². The molecule has 1 amide bonds. The lowest BCUT2D eigenvalue weighted by Crippen LogP contribution is -2.65. The van der Waals surface area contributed by atoms with E-state index in [9.17, 15) is 34.2 Å². The van der Waals surface area contributed by atoms with Crippen LogP contribution in [0.5, 0.6) is 0 Å². The molecule has 1 saturated carbocycles. The molecule has 0 spiro atoms. The Labute approximate surface area is 410 Å². The number of ether oxygens (including phenoxy) is 7. The van der Waals surface area contributed by atoms with E-state index in [0.717, 1.165) is 18.4 Å². The van der Waals surface area contributed by atoms with Gasteiger partial charge in [0.15, 0.2) is 5.78 Å². The minimum Gasteiger partial charge on any atom is -0.460 e. The van der Waals surface area contributed by atoms with Crippen molar-refractivity contribution < 1.29 is 67.3 Å². The number of esters is 1. The van der Waals surface area contributed by atoms with Crippen LogP contribution in [0.2, 0.25) is 0 Å². The summed E-state index contributed by atoms with van der Waals surface area (Å²) in [6.07, 6.45) is 12.1. The fourth-order valence-electron chi connectivity index (χ4n) is 11.5. The third-order valence-corrected chi connectivity index (χ3v) is 15.7. The van der Waals surface area contributed by atoms with E-state index in [4.69, 9.17) is 33.2 Å². The van der Waals surface area contributed by atoms with Crippen LogP contribution < -0.4 is 0 Å². The van der Waals surface area contributed by atoms with Crippen molar-refractivity contribution in [3.63, 3.8) is 0 Å². The number of amides is 1. The molecule has 0 aromatic rings. The Hall–Kier alpha value is -3.41. The summed E-state index contributed by atoms with van der Waals surface area (Å²) < 4.78 is 41.6. The largest absolute Gasteiger partial charge is 0.460 e. The summed E-state index contributed by atoms with van der Waals surface area (Å²) in [5.41, 5.74) is 1.29. The lowest BCUT2D eigenvalue weighted by atomic mass is 9.68. The first-order chi connectivity index (χ1) is 32.9. The van der Waals surface area contributed by atoms with E-state index < -0.39 is 83.7 Å². The molecule has 4 bridgehead atoms. The number of aliphatic hydroxyl groups excluding tert-OH is 1. The summed E-state index contributed by atoms with van der Waals surface area (Å²) in [4.78, 5) is 72.7. The van der Waals surface area contributed by atoms with Crippen molar-refractivity contribution in [2.45, 2.75) is 174 Å². The lowest BCUT2D eigenvalue weighted by molar-refractivity contribution is -0.266. The summed E-state index contributed by atoms with van der Waals surface area (Å²) in [6, 6.07) is -1.12. The third-order valence-electron chi connectivity index (χ3n) is 15.7. The first-order valence-corrected chi connectivity index (χ1v) is 25.6. The van der Waals surface area contributed by atoms with Gasteiger partial charge >= 0.3 is 5.97 Å². The van der Waals surface area contributed by atoms with E-state index in [2.05, 4.69) is 0 Å². The topological polar surface area (TPSA) is 194 Å². The summed E-state index contributed by atoms with van der Waals surface area (Å²) >= 11 is 0. The molecule has 0 radical (unpaired) electrons. The number of carbonyl (C=O) groups is 5. The number of hydrogen-bond donors (Lipinski definition) is 2. The monoisotopic (exact) mass is 970 g/mol. The van der Waals surface area contributed by atoms with Crippen molar-refractivity contribution in [3.05, 3.63) is 47.6 Å². The zero-order valence-electron chi connectivity index (χ0n) is 43.0. The minimum atomic E-state index is -2.43. The second-order valence-corrected chi connectivity index (χ2v) is 20.6. The van der Waals surface area contributed by atoms with Crippen LogP contribution in [0, 0.1) is 41.4 Å². The van der Waals surface area contributed by atoms with Crippen molar-refractivity contribution in [1.29, 1.82) is 0 Å². The number of ketones is 3. The van der Waals surface area contributed by atoms with Gasteiger partial charge in [-0.15, -0.1) is 0 Å². The van der Waals surface area contributed by atoms with Gasteiger partial charge in [0.1, 0.15) is 30.1 Å². The summed E-state index contributed by atoms with van der Waals surface area (Å²) in [6.45, 7) is 14.4. The molecule has 69 heavy (non-hydrogen) atoms. The maximum atomic E-state index is 14.6. The second-order valence-electron chi connectivity index (χ2n) is 20.6. The van der Waals surface area contributed by atoms with Gasteiger partial charge in [-0.2, -0.15) is 0 Å². The van der Waals surface area contributed by atoms with Gasteiger partial charge in [-0.3, -0.25) is 19.2 Å². The predicted molar refractivity (Wildman–Crippen MR) is 259 cm³/mol. The van der Waals surface area contributed by atoms with Gasteiger partial charge in [0.05, 0.1) is 37.6 Å². The number of nitrogens with zero attached hydrogens (tertiary/aromatic N) is 1. The zero-order chi connectivity index (χ0) is 50.6. The van der Waals surface area contributed by atoms with Gasteiger partial charge in [0, 0.05) is 71.0 Å². The van der Waals surface area contributed by atoms with Crippen molar-refractivity contribution >= 4 is 29.2 Å². The van der Waals surface area contributed by atoms with Crippen LogP contribution in [0.25, 0.3) is 0 Å². The summed E-state index contributed by atoms with van der Waals surface area (Å²) in [5.74, 6) is -8.28. The Balaban J connectivity index is 1.49.